The Kier molecular flexibility index (Phi) is 4.53. The van der Waals surface area contributed by atoms with Gasteiger partial charge in [0, 0.05) is 5.75 Å². The number of hydrogen-bond donors (Lipinski definition) is 0. The Morgan fingerprint density at radius 2 is 2.08 bits per heavy atom. The van der Waals surface area contributed by atoms with Crippen molar-refractivity contribution in [3.8, 4) is 0 Å². The summed E-state index contributed by atoms with van der Waals surface area (Å²) in [5.41, 5.74) is 0. The fraction of sp³-hybridized carbons (Fsp3) is 0.750. The van der Waals surface area contributed by atoms with E-state index in [-0.39, 0.29) is 0 Å². The minimum Gasteiger partial charge on any atom is -0.305 e. The molecule has 0 aliphatic carbocycles. The van der Waals surface area contributed by atoms with Crippen molar-refractivity contribution >= 4 is 19.4 Å². The molecule has 0 amide bonds. The molecule has 1 rings (SSSR count). The maximum absolute atomic E-state index is 12.1. The molecule has 0 fully saturated rings. The van der Waals surface area contributed by atoms with Crippen LogP contribution >= 0.6 is 19.4 Å². The summed E-state index contributed by atoms with van der Waals surface area (Å²) in [5, 5.41) is 0. The van der Waals surface area contributed by atoms with E-state index in [4.69, 9.17) is 9.05 Å². The first kappa shape index (κ1) is 11.3. The number of rotatable bonds is 5. The number of hydrogen-bond acceptors (Lipinski definition) is 4. The van der Waals surface area contributed by atoms with E-state index in [2.05, 4.69) is 0 Å². The van der Waals surface area contributed by atoms with Crippen LogP contribution in [-0.4, -0.2) is 19.0 Å². The van der Waals surface area contributed by atoms with Crippen LogP contribution in [0.15, 0.2) is 10.7 Å². The highest BCUT2D eigenvalue weighted by Gasteiger charge is 2.31. The first-order valence-electron chi connectivity index (χ1n) is 4.45. The Morgan fingerprint density at radius 3 is 2.46 bits per heavy atom. The van der Waals surface area contributed by atoms with Crippen molar-refractivity contribution in [2.45, 2.75) is 20.3 Å². The van der Waals surface area contributed by atoms with Gasteiger partial charge >= 0.3 is 7.60 Å². The lowest BCUT2D eigenvalue weighted by molar-refractivity contribution is 0.228. The van der Waals surface area contributed by atoms with Crippen LogP contribution in [0.5, 0.6) is 0 Å². The summed E-state index contributed by atoms with van der Waals surface area (Å²) in [4.78, 5) is 0. The van der Waals surface area contributed by atoms with E-state index >= 15 is 0 Å². The molecule has 1 aliphatic heterocycles. The molecular weight excluding hydrogens is 207 g/mol. The van der Waals surface area contributed by atoms with Gasteiger partial charge in [0.25, 0.3) is 0 Å². The molecule has 5 heteroatoms. The summed E-state index contributed by atoms with van der Waals surface area (Å²) in [6, 6.07) is 0. The summed E-state index contributed by atoms with van der Waals surface area (Å²) in [6.07, 6.45) is 2.92. The molecule has 0 aromatic rings. The SMILES string of the molecule is CCOP(=O)(OCC)C1=CCCS1. The molecular formula is C8H15O3PS. The van der Waals surface area contributed by atoms with Crippen molar-refractivity contribution in [1.29, 1.82) is 0 Å². The Balaban J connectivity index is 2.70. The average molecular weight is 222 g/mol. The van der Waals surface area contributed by atoms with Crippen LogP contribution in [0.3, 0.4) is 0 Å². The molecule has 76 valence electrons. The van der Waals surface area contributed by atoms with Crippen LogP contribution in [0.25, 0.3) is 0 Å². The van der Waals surface area contributed by atoms with Gasteiger partial charge in [0.1, 0.15) is 0 Å². The molecule has 0 atom stereocenters. The molecule has 1 aliphatic rings. The van der Waals surface area contributed by atoms with E-state index in [0.717, 1.165) is 16.8 Å². The molecule has 1 heterocycles. The lowest BCUT2D eigenvalue weighted by atomic mass is 10.5. The van der Waals surface area contributed by atoms with Gasteiger partial charge in [0.15, 0.2) is 0 Å². The van der Waals surface area contributed by atoms with Gasteiger partial charge in [-0.1, -0.05) is 6.08 Å². The van der Waals surface area contributed by atoms with Crippen molar-refractivity contribution in [2.24, 2.45) is 0 Å². The third-order valence-corrected chi connectivity index (χ3v) is 5.43. The average Bonchev–Trinajstić information content (AvgIpc) is 2.57. The first-order valence-corrected chi connectivity index (χ1v) is 6.98. The van der Waals surface area contributed by atoms with Gasteiger partial charge in [-0.15, -0.1) is 11.8 Å². The Hall–Kier alpha value is 0.240. The second-order valence-corrected chi connectivity index (χ2v) is 5.94. The first-order chi connectivity index (χ1) is 6.23. The van der Waals surface area contributed by atoms with Crippen LogP contribution in [0.2, 0.25) is 0 Å². The molecule has 3 nitrogen and oxygen atoms in total. The van der Waals surface area contributed by atoms with Gasteiger partial charge in [-0.05, 0) is 20.3 Å². The topological polar surface area (TPSA) is 35.5 Å². The van der Waals surface area contributed by atoms with Crippen molar-refractivity contribution < 1.29 is 13.6 Å². The third kappa shape index (κ3) is 2.84. The van der Waals surface area contributed by atoms with Gasteiger partial charge in [-0.3, -0.25) is 4.57 Å². The zero-order valence-electron chi connectivity index (χ0n) is 7.99. The van der Waals surface area contributed by atoms with Crippen LogP contribution in [0.1, 0.15) is 20.3 Å². The minimum absolute atomic E-state index is 0.426. The molecule has 0 N–H and O–H groups in total. The van der Waals surface area contributed by atoms with Crippen molar-refractivity contribution in [1.82, 2.24) is 0 Å². The molecule has 0 aromatic carbocycles. The maximum atomic E-state index is 12.1. The van der Waals surface area contributed by atoms with Crippen molar-refractivity contribution in [3.05, 3.63) is 10.7 Å². The molecule has 13 heavy (non-hydrogen) atoms. The molecule has 0 bridgehead atoms. The van der Waals surface area contributed by atoms with Gasteiger partial charge < -0.3 is 9.05 Å². The predicted octanol–water partition coefficient (Wildman–Crippen LogP) is 3.23. The van der Waals surface area contributed by atoms with Gasteiger partial charge in [-0.25, -0.2) is 0 Å². The van der Waals surface area contributed by atoms with Crippen molar-refractivity contribution in [3.63, 3.8) is 0 Å². The smallest absolute Gasteiger partial charge is 0.305 e. The molecule has 0 saturated carbocycles. The third-order valence-electron chi connectivity index (χ3n) is 1.55. The van der Waals surface area contributed by atoms with E-state index in [0.29, 0.717) is 13.2 Å². The molecule has 0 aromatic heterocycles. The van der Waals surface area contributed by atoms with E-state index in [1.807, 2.05) is 19.9 Å². The monoisotopic (exact) mass is 222 g/mol. The zero-order valence-corrected chi connectivity index (χ0v) is 9.70. The summed E-state index contributed by atoms with van der Waals surface area (Å²) in [7, 11) is -2.94. The number of allylic oxidation sites excluding steroid dienone is 1. The second kappa shape index (κ2) is 5.20. The van der Waals surface area contributed by atoms with E-state index in [1.165, 1.54) is 0 Å². The van der Waals surface area contributed by atoms with Gasteiger partial charge in [0.2, 0.25) is 0 Å². The fourth-order valence-electron chi connectivity index (χ4n) is 1.10. The fourth-order valence-corrected chi connectivity index (χ4v) is 4.36. The highest BCUT2D eigenvalue weighted by atomic mass is 32.2. The predicted molar refractivity (Wildman–Crippen MR) is 56.0 cm³/mol. The normalized spacial score (nSPS) is 17.5. The summed E-state index contributed by atoms with van der Waals surface area (Å²) < 4.78 is 23.3. The quantitative estimate of drug-likeness (QED) is 0.669. The van der Waals surface area contributed by atoms with E-state index < -0.39 is 7.60 Å². The second-order valence-electron chi connectivity index (χ2n) is 2.51. The van der Waals surface area contributed by atoms with Crippen LogP contribution in [-0.2, 0) is 13.6 Å². The Labute approximate surface area is 83.4 Å². The molecule has 0 radical (unpaired) electrons. The zero-order chi connectivity index (χ0) is 9.73. The number of thioether (sulfide) groups is 1. The van der Waals surface area contributed by atoms with Crippen molar-refractivity contribution in [2.75, 3.05) is 19.0 Å². The standard InChI is InChI=1S/C8H15O3PS/c1-3-10-12(9,11-4-2)8-6-5-7-13-8/h6H,3-5,7H2,1-2H3. The maximum Gasteiger partial charge on any atom is 0.367 e. The largest absolute Gasteiger partial charge is 0.367 e. The summed E-state index contributed by atoms with van der Waals surface area (Å²) in [5.74, 6) is 0.986. The highest BCUT2D eigenvalue weighted by molar-refractivity contribution is 8.10. The Bertz CT molecular complexity index is 230. The van der Waals surface area contributed by atoms with E-state index in [1.54, 1.807) is 11.8 Å². The van der Waals surface area contributed by atoms with Crippen LogP contribution < -0.4 is 0 Å². The van der Waals surface area contributed by atoms with Gasteiger partial charge in [-0.2, -0.15) is 0 Å². The van der Waals surface area contributed by atoms with Crippen LogP contribution in [0, 0.1) is 0 Å². The minimum atomic E-state index is -2.94. The summed E-state index contributed by atoms with van der Waals surface area (Å²) in [6.45, 7) is 4.50. The Morgan fingerprint density at radius 1 is 1.46 bits per heavy atom. The van der Waals surface area contributed by atoms with E-state index in [9.17, 15) is 4.57 Å². The lowest BCUT2D eigenvalue weighted by Crippen LogP contribution is -1.95. The highest BCUT2D eigenvalue weighted by Crippen LogP contribution is 2.61. The molecule has 0 unspecified atom stereocenters. The molecule has 0 saturated heterocycles. The van der Waals surface area contributed by atoms with Gasteiger partial charge in [0.05, 0.1) is 17.9 Å². The lowest BCUT2D eigenvalue weighted by Gasteiger charge is -2.16. The van der Waals surface area contributed by atoms with Crippen LogP contribution in [0.4, 0.5) is 0 Å². The molecule has 0 spiro atoms. The summed E-state index contributed by atoms with van der Waals surface area (Å²) >= 11 is 1.58.